The maximum absolute atomic E-state index is 10.9. The van der Waals surface area contributed by atoms with E-state index in [9.17, 15) is 10.1 Å². The number of methoxy groups -OCH3 is 1. The topological polar surface area (TPSA) is 78.4 Å². The lowest BCUT2D eigenvalue weighted by molar-refractivity contribution is -0.384. The van der Waals surface area contributed by atoms with Crippen molar-refractivity contribution in [3.05, 3.63) is 33.9 Å². The molecule has 2 N–H and O–H groups in total. The van der Waals surface area contributed by atoms with Crippen LogP contribution >= 0.6 is 0 Å². The zero-order valence-electron chi connectivity index (χ0n) is 11.7. The number of nitro groups is 1. The van der Waals surface area contributed by atoms with Gasteiger partial charge in [-0.3, -0.25) is 10.1 Å². The summed E-state index contributed by atoms with van der Waals surface area (Å²) in [5.74, 6) is 1.99. The Morgan fingerprint density at radius 2 is 2.30 bits per heavy atom. The molecule has 3 atom stereocenters. The van der Waals surface area contributed by atoms with Gasteiger partial charge in [-0.2, -0.15) is 0 Å². The van der Waals surface area contributed by atoms with Crippen molar-refractivity contribution in [2.45, 2.75) is 37.6 Å². The highest BCUT2D eigenvalue weighted by atomic mass is 16.6. The summed E-state index contributed by atoms with van der Waals surface area (Å²) >= 11 is 0. The second kappa shape index (κ2) is 4.74. The third-order valence-electron chi connectivity index (χ3n) is 5.02. The fraction of sp³-hybridized carbons (Fsp3) is 0.600. The van der Waals surface area contributed by atoms with Gasteiger partial charge in [0.25, 0.3) is 5.69 Å². The van der Waals surface area contributed by atoms with Crippen LogP contribution in [-0.4, -0.2) is 17.6 Å². The van der Waals surface area contributed by atoms with Gasteiger partial charge in [-0.15, -0.1) is 0 Å². The first-order valence-corrected chi connectivity index (χ1v) is 7.12. The molecule has 0 saturated heterocycles. The van der Waals surface area contributed by atoms with Crippen molar-refractivity contribution in [3.8, 4) is 5.75 Å². The highest BCUT2D eigenvalue weighted by Crippen LogP contribution is 2.51. The van der Waals surface area contributed by atoms with Crippen LogP contribution in [0.15, 0.2) is 18.2 Å². The predicted octanol–water partition coefficient (Wildman–Crippen LogP) is 2.66. The van der Waals surface area contributed by atoms with E-state index in [1.165, 1.54) is 25.3 Å². The first-order chi connectivity index (χ1) is 9.51. The third-order valence-corrected chi connectivity index (χ3v) is 5.02. The van der Waals surface area contributed by atoms with Gasteiger partial charge in [0, 0.05) is 23.2 Å². The molecule has 0 aromatic heterocycles. The lowest BCUT2D eigenvalue weighted by Crippen LogP contribution is -2.47. The number of nitrogens with two attached hydrogens (primary N) is 1. The standard InChI is InChI=1S/C15H20N2O3/c1-20-14-5-4-13(17(18)19)7-11(14)9-15(16)8-10-2-3-12(15)6-10/h4-5,7,10,12H,2-3,6,8-9,16H2,1H3. The second-order valence-electron chi connectivity index (χ2n) is 6.24. The molecule has 0 radical (unpaired) electrons. The number of rotatable bonds is 4. The average molecular weight is 276 g/mol. The van der Waals surface area contributed by atoms with Gasteiger partial charge >= 0.3 is 0 Å². The minimum Gasteiger partial charge on any atom is -0.496 e. The summed E-state index contributed by atoms with van der Waals surface area (Å²) in [5, 5.41) is 10.9. The van der Waals surface area contributed by atoms with Crippen LogP contribution in [0, 0.1) is 22.0 Å². The van der Waals surface area contributed by atoms with Gasteiger partial charge in [0.15, 0.2) is 0 Å². The van der Waals surface area contributed by atoms with Crippen LogP contribution < -0.4 is 10.5 Å². The zero-order chi connectivity index (χ0) is 14.3. The Kier molecular flexibility index (Phi) is 3.17. The van der Waals surface area contributed by atoms with E-state index in [4.69, 9.17) is 10.5 Å². The summed E-state index contributed by atoms with van der Waals surface area (Å²) < 4.78 is 5.34. The molecule has 2 saturated carbocycles. The maximum atomic E-state index is 10.9. The molecule has 108 valence electrons. The van der Waals surface area contributed by atoms with E-state index in [-0.39, 0.29) is 16.1 Å². The molecule has 1 aromatic rings. The van der Waals surface area contributed by atoms with Crippen LogP contribution in [0.3, 0.4) is 0 Å². The van der Waals surface area contributed by atoms with Crippen LogP contribution in [0.5, 0.6) is 5.75 Å². The number of ether oxygens (including phenoxy) is 1. The van der Waals surface area contributed by atoms with E-state index >= 15 is 0 Å². The van der Waals surface area contributed by atoms with E-state index in [0.717, 1.165) is 17.9 Å². The molecule has 0 amide bonds. The molecule has 2 bridgehead atoms. The van der Waals surface area contributed by atoms with Gasteiger partial charge in [0.1, 0.15) is 5.75 Å². The van der Waals surface area contributed by atoms with E-state index in [2.05, 4.69) is 0 Å². The highest BCUT2D eigenvalue weighted by molar-refractivity contribution is 5.45. The molecule has 0 aliphatic heterocycles. The van der Waals surface area contributed by atoms with Crippen LogP contribution in [0.1, 0.15) is 31.2 Å². The molecule has 3 unspecified atom stereocenters. The Balaban J connectivity index is 1.89. The first-order valence-electron chi connectivity index (χ1n) is 7.12. The molecule has 1 aromatic carbocycles. The number of benzene rings is 1. The molecule has 2 fully saturated rings. The van der Waals surface area contributed by atoms with Crippen molar-refractivity contribution < 1.29 is 9.66 Å². The van der Waals surface area contributed by atoms with E-state index in [1.54, 1.807) is 19.2 Å². The minimum atomic E-state index is -0.368. The van der Waals surface area contributed by atoms with Crippen molar-refractivity contribution in [2.24, 2.45) is 17.6 Å². The molecule has 20 heavy (non-hydrogen) atoms. The van der Waals surface area contributed by atoms with Gasteiger partial charge in [0.2, 0.25) is 0 Å². The number of nitro benzene ring substituents is 1. The van der Waals surface area contributed by atoms with Crippen molar-refractivity contribution in [1.29, 1.82) is 0 Å². The van der Waals surface area contributed by atoms with Crippen molar-refractivity contribution in [1.82, 2.24) is 0 Å². The molecule has 0 heterocycles. The van der Waals surface area contributed by atoms with Gasteiger partial charge in [-0.05, 0) is 43.6 Å². The summed E-state index contributed by atoms with van der Waals surface area (Å²) in [6.45, 7) is 0. The molecule has 0 spiro atoms. The predicted molar refractivity (Wildman–Crippen MR) is 75.7 cm³/mol. The van der Waals surface area contributed by atoms with Gasteiger partial charge in [-0.1, -0.05) is 6.42 Å². The van der Waals surface area contributed by atoms with Crippen LogP contribution in [0.25, 0.3) is 0 Å². The lowest BCUT2D eigenvalue weighted by Gasteiger charge is -2.34. The number of nitrogens with zero attached hydrogens (tertiary/aromatic N) is 1. The van der Waals surface area contributed by atoms with Crippen LogP contribution in [-0.2, 0) is 6.42 Å². The van der Waals surface area contributed by atoms with E-state index in [0.29, 0.717) is 18.1 Å². The number of hydrogen-bond donors (Lipinski definition) is 1. The average Bonchev–Trinajstić information content (AvgIpc) is 2.98. The first kappa shape index (κ1) is 13.4. The number of non-ortho nitro benzene ring substituents is 1. The normalized spacial score (nSPS) is 31.5. The Morgan fingerprint density at radius 3 is 2.85 bits per heavy atom. The molecule has 3 rings (SSSR count). The molecule has 2 aliphatic carbocycles. The zero-order valence-corrected chi connectivity index (χ0v) is 11.7. The van der Waals surface area contributed by atoms with Gasteiger partial charge in [0.05, 0.1) is 12.0 Å². The van der Waals surface area contributed by atoms with Crippen molar-refractivity contribution in [3.63, 3.8) is 0 Å². The van der Waals surface area contributed by atoms with Crippen LogP contribution in [0.4, 0.5) is 5.69 Å². The summed E-state index contributed by atoms with van der Waals surface area (Å²) in [6, 6.07) is 4.76. The molecule has 2 aliphatic rings. The Labute approximate surface area is 118 Å². The molecule has 5 heteroatoms. The monoisotopic (exact) mass is 276 g/mol. The highest BCUT2D eigenvalue weighted by Gasteiger charge is 2.48. The lowest BCUT2D eigenvalue weighted by atomic mass is 9.77. The van der Waals surface area contributed by atoms with E-state index in [1.807, 2.05) is 0 Å². The largest absolute Gasteiger partial charge is 0.496 e. The summed E-state index contributed by atoms with van der Waals surface area (Å²) in [6.07, 6.45) is 5.39. The molecule has 5 nitrogen and oxygen atoms in total. The van der Waals surface area contributed by atoms with Gasteiger partial charge < -0.3 is 10.5 Å². The van der Waals surface area contributed by atoms with Crippen molar-refractivity contribution >= 4 is 5.69 Å². The third kappa shape index (κ3) is 2.16. The smallest absolute Gasteiger partial charge is 0.269 e. The Hall–Kier alpha value is -1.62. The number of fused-ring (bicyclic) bond motifs is 2. The molecular formula is C15H20N2O3. The molecular weight excluding hydrogens is 256 g/mol. The quantitative estimate of drug-likeness (QED) is 0.677. The Bertz CT molecular complexity index is 546. The minimum absolute atomic E-state index is 0.104. The second-order valence-corrected chi connectivity index (χ2v) is 6.24. The summed E-state index contributed by atoms with van der Waals surface area (Å²) in [4.78, 5) is 10.6. The van der Waals surface area contributed by atoms with Crippen LogP contribution in [0.2, 0.25) is 0 Å². The SMILES string of the molecule is COc1ccc([N+](=O)[O-])cc1CC1(N)CC2CCC1C2. The summed E-state index contributed by atoms with van der Waals surface area (Å²) in [5.41, 5.74) is 7.35. The Morgan fingerprint density at radius 1 is 1.50 bits per heavy atom. The van der Waals surface area contributed by atoms with Crippen molar-refractivity contribution in [2.75, 3.05) is 7.11 Å². The fourth-order valence-corrected chi connectivity index (χ4v) is 4.07. The maximum Gasteiger partial charge on any atom is 0.269 e. The van der Waals surface area contributed by atoms with Gasteiger partial charge in [-0.25, -0.2) is 0 Å². The van der Waals surface area contributed by atoms with E-state index < -0.39 is 0 Å². The fourth-order valence-electron chi connectivity index (χ4n) is 4.07. The summed E-state index contributed by atoms with van der Waals surface area (Å²) in [7, 11) is 1.59. The number of hydrogen-bond acceptors (Lipinski definition) is 4.